The zero-order chi connectivity index (χ0) is 18.4. The summed E-state index contributed by atoms with van der Waals surface area (Å²) in [5.41, 5.74) is 0.540. The quantitative estimate of drug-likeness (QED) is 0.713. The van der Waals surface area contributed by atoms with Crippen LogP contribution in [0.25, 0.3) is 0 Å². The van der Waals surface area contributed by atoms with Crippen molar-refractivity contribution in [2.45, 2.75) is 48.6 Å². The summed E-state index contributed by atoms with van der Waals surface area (Å²) in [5.74, 6) is 0.684. The van der Waals surface area contributed by atoms with E-state index in [1.54, 1.807) is 0 Å². The topological polar surface area (TPSA) is 81.6 Å². The first-order chi connectivity index (χ1) is 12.4. The van der Waals surface area contributed by atoms with E-state index in [0.29, 0.717) is 70.2 Å². The summed E-state index contributed by atoms with van der Waals surface area (Å²) in [7, 11) is -3.35. The fourth-order valence-electron chi connectivity index (χ4n) is 3.96. The number of sulfone groups is 1. The van der Waals surface area contributed by atoms with Crippen molar-refractivity contribution in [1.29, 1.82) is 0 Å². The van der Waals surface area contributed by atoms with E-state index >= 15 is 0 Å². The van der Waals surface area contributed by atoms with Crippen LogP contribution in [0.2, 0.25) is 5.28 Å². The number of aromatic nitrogens is 2. The lowest BCUT2D eigenvalue weighted by Gasteiger charge is -2.34. The number of rotatable bonds is 4. The van der Waals surface area contributed by atoms with Crippen LogP contribution in [-0.2, 0) is 24.1 Å². The summed E-state index contributed by atoms with van der Waals surface area (Å²) in [6, 6.07) is 1.97. The van der Waals surface area contributed by atoms with Gasteiger partial charge >= 0.3 is 0 Å². The number of morpholine rings is 1. The van der Waals surface area contributed by atoms with Crippen molar-refractivity contribution in [3.63, 3.8) is 0 Å². The summed E-state index contributed by atoms with van der Waals surface area (Å²) in [6.45, 7) is 4.99. The van der Waals surface area contributed by atoms with Gasteiger partial charge in [0.05, 0.1) is 30.2 Å². The lowest BCUT2D eigenvalue weighted by molar-refractivity contribution is 0.0981. The van der Waals surface area contributed by atoms with E-state index in [4.69, 9.17) is 21.1 Å². The first-order valence-corrected chi connectivity index (χ1v) is 11.1. The Kier molecular flexibility index (Phi) is 4.88. The molecule has 3 fully saturated rings. The van der Waals surface area contributed by atoms with Crippen molar-refractivity contribution in [1.82, 2.24) is 9.97 Å². The molecule has 0 amide bonds. The summed E-state index contributed by atoms with van der Waals surface area (Å²) in [6.07, 6.45) is 2.29. The molecule has 1 atom stereocenters. The van der Waals surface area contributed by atoms with E-state index in [9.17, 15) is 8.42 Å². The third kappa shape index (κ3) is 3.10. The van der Waals surface area contributed by atoms with Gasteiger partial charge in [0.1, 0.15) is 10.6 Å². The first kappa shape index (κ1) is 18.4. The second-order valence-corrected chi connectivity index (χ2v) is 10.2. The summed E-state index contributed by atoms with van der Waals surface area (Å²) in [5, 5.41) is -0.261. The Morgan fingerprint density at radius 2 is 1.92 bits per heavy atom. The number of nitrogens with zero attached hydrogens (tertiary/aromatic N) is 3. The molecule has 0 N–H and O–H groups in total. The average Bonchev–Trinajstić information content (AvgIpc) is 3.45. The van der Waals surface area contributed by atoms with Gasteiger partial charge in [-0.1, -0.05) is 0 Å². The maximum atomic E-state index is 13.3. The summed E-state index contributed by atoms with van der Waals surface area (Å²) >= 11 is 6.19. The van der Waals surface area contributed by atoms with Crippen molar-refractivity contribution in [3.05, 3.63) is 17.0 Å². The van der Waals surface area contributed by atoms with Crippen LogP contribution in [0, 0.1) is 0 Å². The average molecular weight is 402 g/mol. The number of anilines is 1. The third-order valence-corrected chi connectivity index (χ3v) is 8.89. The van der Waals surface area contributed by atoms with Crippen LogP contribution < -0.4 is 4.90 Å². The Bertz CT molecular complexity index is 778. The van der Waals surface area contributed by atoms with Gasteiger partial charge in [-0.25, -0.2) is 18.4 Å². The zero-order valence-corrected chi connectivity index (χ0v) is 16.4. The van der Waals surface area contributed by atoms with Crippen LogP contribution in [0.3, 0.4) is 0 Å². The number of halogens is 1. The monoisotopic (exact) mass is 401 g/mol. The normalized spacial score (nSPS) is 26.7. The van der Waals surface area contributed by atoms with Gasteiger partial charge in [-0.15, -0.1) is 0 Å². The minimum absolute atomic E-state index is 0.102. The number of hydrogen-bond donors (Lipinski definition) is 0. The molecule has 4 rings (SSSR count). The second kappa shape index (κ2) is 6.89. The second-order valence-electron chi connectivity index (χ2n) is 7.35. The van der Waals surface area contributed by atoms with E-state index in [1.807, 2.05) is 6.07 Å². The predicted octanol–water partition coefficient (Wildman–Crippen LogP) is 1.94. The molecular formula is C17H24ClN3O4S. The molecule has 2 saturated heterocycles. The smallest absolute Gasteiger partial charge is 0.224 e. The SMILES string of the molecule is C[C@H]1COCCN1c1cc(C2(S(=O)(=O)C3CCOCC3)CC2)nc(Cl)n1. The minimum atomic E-state index is -3.35. The number of hydrogen-bond acceptors (Lipinski definition) is 7. The van der Waals surface area contributed by atoms with Crippen LogP contribution in [0.4, 0.5) is 5.82 Å². The highest BCUT2D eigenvalue weighted by Gasteiger charge is 2.59. The van der Waals surface area contributed by atoms with Gasteiger partial charge < -0.3 is 14.4 Å². The van der Waals surface area contributed by atoms with Crippen LogP contribution in [0.5, 0.6) is 0 Å². The maximum absolute atomic E-state index is 13.3. The largest absolute Gasteiger partial charge is 0.381 e. The Hall–Kier alpha value is -0.960. The van der Waals surface area contributed by atoms with Crippen LogP contribution in [0.15, 0.2) is 6.07 Å². The molecule has 0 spiro atoms. The molecule has 0 unspecified atom stereocenters. The molecule has 1 aromatic rings. The van der Waals surface area contributed by atoms with Crippen LogP contribution in [-0.4, -0.2) is 62.6 Å². The minimum Gasteiger partial charge on any atom is -0.381 e. The molecule has 2 aliphatic heterocycles. The molecular weight excluding hydrogens is 378 g/mol. The van der Waals surface area contributed by atoms with Crippen LogP contribution in [0.1, 0.15) is 38.3 Å². The van der Waals surface area contributed by atoms with Crippen molar-refractivity contribution >= 4 is 27.3 Å². The van der Waals surface area contributed by atoms with Gasteiger partial charge in [0.25, 0.3) is 0 Å². The molecule has 3 heterocycles. The van der Waals surface area contributed by atoms with E-state index in [0.717, 1.165) is 0 Å². The molecule has 3 aliphatic rings. The molecule has 0 aromatic carbocycles. The van der Waals surface area contributed by atoms with Gasteiger partial charge in [-0.2, -0.15) is 0 Å². The lowest BCUT2D eigenvalue weighted by atomic mass is 10.2. The molecule has 26 heavy (non-hydrogen) atoms. The molecule has 144 valence electrons. The van der Waals surface area contributed by atoms with Crippen LogP contribution >= 0.6 is 11.6 Å². The Morgan fingerprint density at radius 1 is 1.19 bits per heavy atom. The summed E-state index contributed by atoms with van der Waals surface area (Å²) < 4.78 is 36.6. The van der Waals surface area contributed by atoms with Crippen molar-refractivity contribution in [3.8, 4) is 0 Å². The lowest BCUT2D eigenvalue weighted by Crippen LogP contribution is -2.44. The summed E-state index contributed by atoms with van der Waals surface area (Å²) in [4.78, 5) is 10.8. The van der Waals surface area contributed by atoms with Gasteiger partial charge in [0.2, 0.25) is 5.28 Å². The predicted molar refractivity (Wildman–Crippen MR) is 98.3 cm³/mol. The highest BCUT2D eigenvalue weighted by atomic mass is 35.5. The highest BCUT2D eigenvalue weighted by Crippen LogP contribution is 2.55. The fraction of sp³-hybridized carbons (Fsp3) is 0.765. The van der Waals surface area contributed by atoms with E-state index in [1.165, 1.54) is 0 Å². The molecule has 0 bridgehead atoms. The van der Waals surface area contributed by atoms with Crippen molar-refractivity contribution in [2.24, 2.45) is 0 Å². The standard InChI is InChI=1S/C17H24ClN3O4S/c1-12-11-25-9-6-21(12)15-10-14(19-16(18)20-15)17(4-5-17)26(22,23)13-2-7-24-8-3-13/h10,12-13H,2-9,11H2,1H3/t12-/m0/s1. The fourth-order valence-corrected chi connectivity index (χ4v) is 6.65. The Labute approximate surface area is 159 Å². The maximum Gasteiger partial charge on any atom is 0.224 e. The van der Waals surface area contributed by atoms with E-state index in [-0.39, 0.29) is 16.6 Å². The highest BCUT2D eigenvalue weighted by molar-refractivity contribution is 7.93. The molecule has 1 saturated carbocycles. The molecule has 1 aromatic heterocycles. The van der Waals surface area contributed by atoms with Gasteiger partial charge in [0, 0.05) is 25.8 Å². The van der Waals surface area contributed by atoms with E-state index in [2.05, 4.69) is 21.8 Å². The Morgan fingerprint density at radius 3 is 2.58 bits per heavy atom. The van der Waals surface area contributed by atoms with Gasteiger partial charge in [0.15, 0.2) is 9.84 Å². The molecule has 1 aliphatic carbocycles. The zero-order valence-electron chi connectivity index (χ0n) is 14.9. The van der Waals surface area contributed by atoms with E-state index < -0.39 is 14.6 Å². The van der Waals surface area contributed by atoms with Crippen molar-refractivity contribution < 1.29 is 17.9 Å². The van der Waals surface area contributed by atoms with Gasteiger partial charge in [-0.05, 0) is 44.2 Å². The first-order valence-electron chi connectivity index (χ1n) is 9.15. The molecule has 7 nitrogen and oxygen atoms in total. The Balaban J connectivity index is 1.69. The molecule has 9 heteroatoms. The van der Waals surface area contributed by atoms with Gasteiger partial charge in [-0.3, -0.25) is 0 Å². The van der Waals surface area contributed by atoms with Crippen molar-refractivity contribution in [2.75, 3.05) is 37.9 Å². The molecule has 0 radical (unpaired) electrons. The number of ether oxygens (including phenoxy) is 2. The third-order valence-electron chi connectivity index (χ3n) is 5.67.